The average Bonchev–Trinajstić information content (AvgIpc) is 2.57. The predicted molar refractivity (Wildman–Crippen MR) is 83.7 cm³/mol. The molecule has 0 fully saturated rings. The summed E-state index contributed by atoms with van der Waals surface area (Å²) in [4.78, 5) is 12.5. The van der Waals surface area contributed by atoms with Gasteiger partial charge in [-0.15, -0.1) is 0 Å². The summed E-state index contributed by atoms with van der Waals surface area (Å²) in [5, 5.41) is 3.28. The van der Waals surface area contributed by atoms with E-state index in [-0.39, 0.29) is 6.04 Å². The number of rotatable bonds is 4. The Bertz CT molecular complexity index is 681. The van der Waals surface area contributed by atoms with Crippen LogP contribution in [-0.2, 0) is 0 Å². The van der Waals surface area contributed by atoms with E-state index in [0.29, 0.717) is 5.95 Å². The number of hydrogen-bond donors (Lipinski definition) is 1. The summed E-state index contributed by atoms with van der Waals surface area (Å²) in [6.07, 6.45) is 7.11. The molecule has 0 aliphatic rings. The highest BCUT2D eigenvalue weighted by Crippen LogP contribution is 2.22. The van der Waals surface area contributed by atoms with Crippen molar-refractivity contribution in [1.82, 2.24) is 15.0 Å². The maximum absolute atomic E-state index is 4.18. The molecule has 2 heterocycles. The molecule has 0 saturated carbocycles. The second kappa shape index (κ2) is 6.13. The van der Waals surface area contributed by atoms with E-state index in [1.54, 1.807) is 24.7 Å². The van der Waals surface area contributed by atoms with Crippen LogP contribution in [0.3, 0.4) is 0 Å². The molecule has 3 rings (SSSR count). The standard InChI is InChI=1S/C17H16N4/c1-13(21-17-19-10-3-11-20-17)14-5-7-15(8-6-14)16-4-2-9-18-12-16/h2-13H,1H3,(H,19,20,21). The first-order valence-corrected chi connectivity index (χ1v) is 6.87. The van der Waals surface area contributed by atoms with E-state index in [0.717, 1.165) is 11.1 Å². The molecular formula is C17H16N4. The molecule has 4 heteroatoms. The Morgan fingerprint density at radius 3 is 2.29 bits per heavy atom. The molecule has 0 saturated heterocycles. The SMILES string of the molecule is CC(Nc1ncccn1)c1ccc(-c2cccnc2)cc1. The Balaban J connectivity index is 1.75. The maximum Gasteiger partial charge on any atom is 0.223 e. The van der Waals surface area contributed by atoms with Crippen LogP contribution in [0.1, 0.15) is 18.5 Å². The zero-order valence-electron chi connectivity index (χ0n) is 11.8. The first kappa shape index (κ1) is 13.2. The molecule has 0 bridgehead atoms. The summed E-state index contributed by atoms with van der Waals surface area (Å²) in [5.74, 6) is 0.640. The van der Waals surface area contributed by atoms with Crippen molar-refractivity contribution in [1.29, 1.82) is 0 Å². The van der Waals surface area contributed by atoms with Gasteiger partial charge in [0.05, 0.1) is 6.04 Å². The Morgan fingerprint density at radius 2 is 1.62 bits per heavy atom. The van der Waals surface area contributed by atoms with Gasteiger partial charge in [0.25, 0.3) is 0 Å². The molecule has 2 aromatic heterocycles. The fourth-order valence-corrected chi connectivity index (χ4v) is 2.15. The number of nitrogens with zero attached hydrogens (tertiary/aromatic N) is 3. The zero-order valence-corrected chi connectivity index (χ0v) is 11.8. The van der Waals surface area contributed by atoms with Gasteiger partial charge < -0.3 is 5.32 Å². The van der Waals surface area contributed by atoms with Crippen molar-refractivity contribution in [3.63, 3.8) is 0 Å². The molecule has 1 unspecified atom stereocenters. The third kappa shape index (κ3) is 3.23. The molecule has 4 nitrogen and oxygen atoms in total. The number of benzene rings is 1. The predicted octanol–water partition coefficient (Wildman–Crippen LogP) is 3.71. The largest absolute Gasteiger partial charge is 0.348 e. The lowest BCUT2D eigenvalue weighted by molar-refractivity contribution is 0.860. The Labute approximate surface area is 123 Å². The van der Waals surface area contributed by atoms with Crippen molar-refractivity contribution in [2.24, 2.45) is 0 Å². The minimum atomic E-state index is 0.148. The van der Waals surface area contributed by atoms with E-state index < -0.39 is 0 Å². The topological polar surface area (TPSA) is 50.7 Å². The molecule has 1 atom stereocenters. The van der Waals surface area contributed by atoms with E-state index in [1.165, 1.54) is 5.56 Å². The molecule has 0 aliphatic heterocycles. The van der Waals surface area contributed by atoms with E-state index in [4.69, 9.17) is 0 Å². The van der Waals surface area contributed by atoms with Gasteiger partial charge in [-0.25, -0.2) is 9.97 Å². The Morgan fingerprint density at radius 1 is 0.857 bits per heavy atom. The quantitative estimate of drug-likeness (QED) is 0.789. The van der Waals surface area contributed by atoms with Crippen LogP contribution in [-0.4, -0.2) is 15.0 Å². The summed E-state index contributed by atoms with van der Waals surface area (Å²) in [5.41, 5.74) is 3.47. The summed E-state index contributed by atoms with van der Waals surface area (Å²) in [7, 11) is 0. The lowest BCUT2D eigenvalue weighted by atomic mass is 10.0. The molecule has 0 aliphatic carbocycles. The van der Waals surface area contributed by atoms with Gasteiger partial charge in [-0.05, 0) is 35.7 Å². The fourth-order valence-electron chi connectivity index (χ4n) is 2.15. The van der Waals surface area contributed by atoms with Crippen LogP contribution >= 0.6 is 0 Å². The van der Waals surface area contributed by atoms with Crippen molar-refractivity contribution >= 4 is 5.95 Å². The van der Waals surface area contributed by atoms with Gasteiger partial charge >= 0.3 is 0 Å². The molecule has 0 radical (unpaired) electrons. The zero-order chi connectivity index (χ0) is 14.5. The van der Waals surface area contributed by atoms with Gasteiger partial charge in [-0.3, -0.25) is 4.98 Å². The molecule has 104 valence electrons. The number of aromatic nitrogens is 3. The molecule has 0 spiro atoms. The highest BCUT2D eigenvalue weighted by Gasteiger charge is 2.07. The summed E-state index contributed by atoms with van der Waals surface area (Å²) in [6, 6.07) is 14.4. The number of hydrogen-bond acceptors (Lipinski definition) is 4. The molecule has 3 aromatic rings. The number of nitrogens with one attached hydrogen (secondary N) is 1. The third-order valence-corrected chi connectivity index (χ3v) is 3.32. The van der Waals surface area contributed by atoms with Crippen LogP contribution < -0.4 is 5.32 Å². The van der Waals surface area contributed by atoms with Crippen LogP contribution in [0, 0.1) is 0 Å². The van der Waals surface area contributed by atoms with Gasteiger partial charge in [0.2, 0.25) is 5.95 Å². The van der Waals surface area contributed by atoms with E-state index >= 15 is 0 Å². The van der Waals surface area contributed by atoms with Crippen molar-refractivity contribution in [3.8, 4) is 11.1 Å². The molecule has 1 aromatic carbocycles. The van der Waals surface area contributed by atoms with Crippen LogP contribution in [0.25, 0.3) is 11.1 Å². The summed E-state index contributed by atoms with van der Waals surface area (Å²) in [6.45, 7) is 2.09. The minimum absolute atomic E-state index is 0.148. The highest BCUT2D eigenvalue weighted by atomic mass is 15.1. The summed E-state index contributed by atoms with van der Waals surface area (Å²) >= 11 is 0. The van der Waals surface area contributed by atoms with Crippen LogP contribution in [0.5, 0.6) is 0 Å². The normalized spacial score (nSPS) is 11.9. The first-order valence-electron chi connectivity index (χ1n) is 6.87. The fraction of sp³-hybridized carbons (Fsp3) is 0.118. The average molecular weight is 276 g/mol. The van der Waals surface area contributed by atoms with Crippen molar-refractivity contribution in [3.05, 3.63) is 72.8 Å². The van der Waals surface area contributed by atoms with Gasteiger partial charge in [-0.2, -0.15) is 0 Å². The smallest absolute Gasteiger partial charge is 0.223 e. The Kier molecular flexibility index (Phi) is 3.87. The lowest BCUT2D eigenvalue weighted by Crippen LogP contribution is -2.08. The number of anilines is 1. The molecule has 1 N–H and O–H groups in total. The lowest BCUT2D eigenvalue weighted by Gasteiger charge is -2.14. The van der Waals surface area contributed by atoms with Crippen LogP contribution in [0.15, 0.2) is 67.3 Å². The van der Waals surface area contributed by atoms with Crippen molar-refractivity contribution in [2.75, 3.05) is 5.32 Å². The van der Waals surface area contributed by atoms with E-state index in [2.05, 4.69) is 57.5 Å². The molecule has 0 amide bonds. The van der Waals surface area contributed by atoms with Gasteiger partial charge in [0, 0.05) is 24.8 Å². The van der Waals surface area contributed by atoms with E-state index in [1.807, 2.05) is 12.3 Å². The monoisotopic (exact) mass is 276 g/mol. The third-order valence-electron chi connectivity index (χ3n) is 3.32. The van der Waals surface area contributed by atoms with Crippen molar-refractivity contribution < 1.29 is 0 Å². The van der Waals surface area contributed by atoms with Gasteiger partial charge in [0.1, 0.15) is 0 Å². The second-order valence-corrected chi connectivity index (χ2v) is 4.80. The van der Waals surface area contributed by atoms with Crippen LogP contribution in [0.4, 0.5) is 5.95 Å². The van der Waals surface area contributed by atoms with E-state index in [9.17, 15) is 0 Å². The first-order chi connectivity index (χ1) is 10.3. The second-order valence-electron chi connectivity index (χ2n) is 4.80. The molecular weight excluding hydrogens is 260 g/mol. The van der Waals surface area contributed by atoms with Crippen molar-refractivity contribution in [2.45, 2.75) is 13.0 Å². The number of pyridine rings is 1. The van der Waals surface area contributed by atoms with Gasteiger partial charge in [0.15, 0.2) is 0 Å². The minimum Gasteiger partial charge on any atom is -0.348 e. The Hall–Kier alpha value is -2.75. The van der Waals surface area contributed by atoms with Gasteiger partial charge in [-0.1, -0.05) is 30.3 Å². The van der Waals surface area contributed by atoms with Crippen LogP contribution in [0.2, 0.25) is 0 Å². The summed E-state index contributed by atoms with van der Waals surface area (Å²) < 4.78 is 0. The molecule has 21 heavy (non-hydrogen) atoms. The maximum atomic E-state index is 4.18. The highest BCUT2D eigenvalue weighted by molar-refractivity contribution is 5.62.